The summed E-state index contributed by atoms with van der Waals surface area (Å²) in [5.74, 6) is 0.624. The van der Waals surface area contributed by atoms with Gasteiger partial charge in [0.1, 0.15) is 23.0 Å². The molecular formula is C20H25N7O2. The van der Waals surface area contributed by atoms with Crippen LogP contribution in [-0.4, -0.2) is 57.8 Å². The van der Waals surface area contributed by atoms with Crippen molar-refractivity contribution in [3.8, 4) is 6.07 Å². The smallest absolute Gasteiger partial charge is 0.259 e. The van der Waals surface area contributed by atoms with Gasteiger partial charge in [-0.25, -0.2) is 9.97 Å². The number of nitrogens with one attached hydrogen (secondary N) is 1. The number of carbonyl (C=O) groups excluding carboxylic acids is 2. The summed E-state index contributed by atoms with van der Waals surface area (Å²) in [7, 11) is 0. The van der Waals surface area contributed by atoms with E-state index in [4.69, 9.17) is 11.0 Å². The molecule has 0 radical (unpaired) electrons. The van der Waals surface area contributed by atoms with Gasteiger partial charge in [-0.2, -0.15) is 5.26 Å². The van der Waals surface area contributed by atoms with Crippen LogP contribution < -0.4 is 10.6 Å². The van der Waals surface area contributed by atoms with Crippen molar-refractivity contribution in [2.45, 2.75) is 26.7 Å². The van der Waals surface area contributed by atoms with Gasteiger partial charge in [0.25, 0.3) is 5.91 Å². The van der Waals surface area contributed by atoms with Crippen LogP contribution in [0.4, 0.5) is 5.82 Å². The molecule has 29 heavy (non-hydrogen) atoms. The number of primary amides is 1. The highest BCUT2D eigenvalue weighted by Crippen LogP contribution is 2.22. The van der Waals surface area contributed by atoms with Crippen LogP contribution in [0.15, 0.2) is 18.0 Å². The number of amides is 2. The molecule has 1 fully saturated rings. The second kappa shape index (κ2) is 8.73. The predicted molar refractivity (Wildman–Crippen MR) is 110 cm³/mol. The molecule has 152 valence electrons. The zero-order chi connectivity index (χ0) is 21.0. The van der Waals surface area contributed by atoms with Gasteiger partial charge >= 0.3 is 0 Å². The van der Waals surface area contributed by atoms with Gasteiger partial charge in [0.15, 0.2) is 5.65 Å². The number of rotatable bonds is 6. The minimum atomic E-state index is -0.788. The molecule has 9 nitrogen and oxygen atoms in total. The molecule has 0 bridgehead atoms. The van der Waals surface area contributed by atoms with Crippen molar-refractivity contribution in [3.05, 3.63) is 23.5 Å². The Bertz CT molecular complexity index is 978. The van der Waals surface area contributed by atoms with E-state index in [1.165, 1.54) is 6.08 Å². The molecule has 2 aromatic rings. The first kappa shape index (κ1) is 20.3. The highest BCUT2D eigenvalue weighted by atomic mass is 16.2. The van der Waals surface area contributed by atoms with Gasteiger partial charge in [-0.3, -0.25) is 9.59 Å². The van der Waals surface area contributed by atoms with E-state index < -0.39 is 5.91 Å². The number of hydrogen-bond acceptors (Lipinski definition) is 6. The zero-order valence-electron chi connectivity index (χ0n) is 16.7. The third kappa shape index (κ3) is 4.71. The molecule has 0 aliphatic carbocycles. The Labute approximate surface area is 169 Å². The molecule has 0 atom stereocenters. The summed E-state index contributed by atoms with van der Waals surface area (Å²) in [6, 6.07) is 1.79. The largest absolute Gasteiger partial charge is 0.365 e. The lowest BCUT2D eigenvalue weighted by atomic mass is 10.1. The molecule has 3 N–H and O–H groups in total. The molecule has 0 spiro atoms. The topological polar surface area (TPSA) is 132 Å². The van der Waals surface area contributed by atoms with Crippen molar-refractivity contribution >= 4 is 34.9 Å². The molecule has 1 saturated heterocycles. The molecule has 3 heterocycles. The van der Waals surface area contributed by atoms with Crippen LogP contribution in [0.2, 0.25) is 0 Å². The number of fused-ring (bicyclic) bond motifs is 1. The molecule has 2 aromatic heterocycles. The first-order valence-corrected chi connectivity index (χ1v) is 9.67. The maximum absolute atomic E-state index is 12.3. The van der Waals surface area contributed by atoms with Crippen LogP contribution >= 0.6 is 0 Å². The summed E-state index contributed by atoms with van der Waals surface area (Å²) in [4.78, 5) is 39.7. The number of anilines is 1. The molecule has 1 aliphatic rings. The zero-order valence-corrected chi connectivity index (χ0v) is 16.7. The summed E-state index contributed by atoms with van der Waals surface area (Å²) >= 11 is 0. The standard InChI is InChI=1S/C20H25N7O2/c1-13(2)3-4-17(28)27-7-5-26(6-8-27)16-12-24-20-18(25-16)15(11-23-20)9-14(10-21)19(22)29/h9,11-13H,3-8H2,1-2H3,(H2,22,29)(H,23,24)/b14-9+. The molecule has 0 unspecified atom stereocenters. The number of nitrogens with two attached hydrogens (primary N) is 1. The van der Waals surface area contributed by atoms with Crippen molar-refractivity contribution in [1.29, 1.82) is 5.26 Å². The van der Waals surface area contributed by atoms with E-state index in [2.05, 4.69) is 33.7 Å². The summed E-state index contributed by atoms with van der Waals surface area (Å²) in [5.41, 5.74) is 6.76. The van der Waals surface area contributed by atoms with Crippen molar-refractivity contribution < 1.29 is 9.59 Å². The molecular weight excluding hydrogens is 370 g/mol. The Morgan fingerprint density at radius 1 is 1.34 bits per heavy atom. The van der Waals surface area contributed by atoms with Crippen LogP contribution in [0.5, 0.6) is 0 Å². The Hall–Kier alpha value is -3.41. The number of hydrogen-bond donors (Lipinski definition) is 2. The SMILES string of the molecule is CC(C)CCC(=O)N1CCN(c2cnc3[nH]cc(/C=C(\C#N)C(N)=O)c3n2)CC1. The van der Waals surface area contributed by atoms with Crippen molar-refractivity contribution in [2.24, 2.45) is 11.7 Å². The maximum Gasteiger partial charge on any atom is 0.259 e. The van der Waals surface area contributed by atoms with Crippen molar-refractivity contribution in [3.63, 3.8) is 0 Å². The minimum Gasteiger partial charge on any atom is -0.365 e. The van der Waals surface area contributed by atoms with E-state index in [-0.39, 0.29) is 11.5 Å². The van der Waals surface area contributed by atoms with Gasteiger partial charge in [-0.1, -0.05) is 13.8 Å². The second-order valence-corrected chi connectivity index (χ2v) is 7.50. The summed E-state index contributed by atoms with van der Waals surface area (Å²) in [6.45, 7) is 6.89. The fraction of sp³-hybridized carbons (Fsp3) is 0.450. The number of H-pyrrole nitrogens is 1. The monoisotopic (exact) mass is 395 g/mol. The lowest BCUT2D eigenvalue weighted by Gasteiger charge is -2.35. The lowest BCUT2D eigenvalue weighted by molar-refractivity contribution is -0.131. The maximum atomic E-state index is 12.3. The highest BCUT2D eigenvalue weighted by molar-refractivity contribution is 6.02. The summed E-state index contributed by atoms with van der Waals surface area (Å²) in [6.07, 6.45) is 6.22. The molecule has 0 saturated carbocycles. The van der Waals surface area contributed by atoms with Crippen molar-refractivity contribution in [1.82, 2.24) is 19.9 Å². The fourth-order valence-corrected chi connectivity index (χ4v) is 3.23. The number of nitrogens with zero attached hydrogens (tertiary/aromatic N) is 5. The van der Waals surface area contributed by atoms with Crippen molar-refractivity contribution in [2.75, 3.05) is 31.1 Å². The summed E-state index contributed by atoms with van der Waals surface area (Å²) < 4.78 is 0. The average molecular weight is 395 g/mol. The average Bonchev–Trinajstić information content (AvgIpc) is 3.12. The minimum absolute atomic E-state index is 0.147. The molecule has 9 heteroatoms. The van der Waals surface area contributed by atoms with Crippen LogP contribution in [0.1, 0.15) is 32.3 Å². The van der Waals surface area contributed by atoms with Crippen LogP contribution in [0, 0.1) is 17.2 Å². The Balaban J connectivity index is 1.73. The van der Waals surface area contributed by atoms with E-state index in [1.807, 2.05) is 4.90 Å². The van der Waals surface area contributed by atoms with E-state index in [1.54, 1.807) is 18.5 Å². The molecule has 1 aliphatic heterocycles. The van der Waals surface area contributed by atoms with E-state index >= 15 is 0 Å². The number of nitriles is 1. The third-order valence-corrected chi connectivity index (χ3v) is 4.98. The Morgan fingerprint density at radius 3 is 2.69 bits per heavy atom. The Kier molecular flexibility index (Phi) is 6.12. The lowest BCUT2D eigenvalue weighted by Crippen LogP contribution is -2.49. The Morgan fingerprint density at radius 2 is 2.07 bits per heavy atom. The van der Waals surface area contributed by atoms with E-state index in [0.717, 1.165) is 6.42 Å². The fourth-order valence-electron chi connectivity index (χ4n) is 3.23. The van der Waals surface area contributed by atoms with Crippen LogP contribution in [-0.2, 0) is 9.59 Å². The number of carbonyl (C=O) groups is 2. The molecule has 2 amide bonds. The van der Waals surface area contributed by atoms with Gasteiger partial charge in [-0.15, -0.1) is 0 Å². The predicted octanol–water partition coefficient (Wildman–Crippen LogP) is 1.43. The number of aromatic nitrogens is 3. The molecule has 3 rings (SSSR count). The number of aromatic amines is 1. The number of piperazine rings is 1. The molecule has 0 aromatic carbocycles. The summed E-state index contributed by atoms with van der Waals surface area (Å²) in [5, 5.41) is 9.06. The normalized spacial score (nSPS) is 15.0. The van der Waals surface area contributed by atoms with Gasteiger partial charge in [0.2, 0.25) is 5.91 Å². The van der Waals surface area contributed by atoms with Gasteiger partial charge in [0, 0.05) is 44.4 Å². The van der Waals surface area contributed by atoms with Gasteiger partial charge in [-0.05, 0) is 18.4 Å². The highest BCUT2D eigenvalue weighted by Gasteiger charge is 2.22. The van der Waals surface area contributed by atoms with Crippen LogP contribution in [0.3, 0.4) is 0 Å². The quantitative estimate of drug-likeness (QED) is 0.562. The van der Waals surface area contributed by atoms with Gasteiger partial charge in [0.05, 0.1) is 6.20 Å². The van der Waals surface area contributed by atoms with E-state index in [0.29, 0.717) is 61.1 Å². The van der Waals surface area contributed by atoms with Crippen LogP contribution in [0.25, 0.3) is 17.2 Å². The second-order valence-electron chi connectivity index (χ2n) is 7.50. The first-order chi connectivity index (χ1) is 13.9. The van der Waals surface area contributed by atoms with E-state index in [9.17, 15) is 9.59 Å². The van der Waals surface area contributed by atoms with Gasteiger partial charge < -0.3 is 20.5 Å². The first-order valence-electron chi connectivity index (χ1n) is 9.67. The third-order valence-electron chi connectivity index (χ3n) is 4.98.